The number of ether oxygens (including phenoxy) is 2. The lowest BCUT2D eigenvalue weighted by molar-refractivity contribution is 0.0933. The minimum absolute atomic E-state index is 0.0888. The zero-order valence-corrected chi connectivity index (χ0v) is 17.4. The standard InChI is InChI=1S/C23H31N3O3/c1-3-29-21-10-9-20(17-22(21)28-2)23(27)24-11-12-25-13-15-26(16-14-25)18-19-7-5-4-6-8-19/h4-10,17H,3,11-16,18H2,1-2H3,(H,24,27). The molecule has 0 saturated carbocycles. The molecule has 1 aliphatic heterocycles. The Hall–Kier alpha value is -2.57. The predicted molar refractivity (Wildman–Crippen MR) is 115 cm³/mol. The molecule has 0 unspecified atom stereocenters. The van der Waals surface area contributed by atoms with Crippen LogP contribution in [0.4, 0.5) is 0 Å². The van der Waals surface area contributed by atoms with Gasteiger partial charge in [-0.15, -0.1) is 0 Å². The lowest BCUT2D eigenvalue weighted by atomic mass is 10.2. The number of piperazine rings is 1. The van der Waals surface area contributed by atoms with Crippen molar-refractivity contribution >= 4 is 5.91 Å². The molecule has 3 rings (SSSR count). The molecule has 0 spiro atoms. The molecular weight excluding hydrogens is 366 g/mol. The van der Waals surface area contributed by atoms with Crippen LogP contribution in [-0.4, -0.2) is 68.7 Å². The number of carbonyl (C=O) groups excluding carboxylic acids is 1. The summed E-state index contributed by atoms with van der Waals surface area (Å²) in [6.45, 7) is 9.14. The Morgan fingerprint density at radius 3 is 2.41 bits per heavy atom. The van der Waals surface area contributed by atoms with Gasteiger partial charge in [-0.3, -0.25) is 14.6 Å². The van der Waals surface area contributed by atoms with Crippen LogP contribution in [0.15, 0.2) is 48.5 Å². The van der Waals surface area contributed by atoms with Crippen LogP contribution in [0.2, 0.25) is 0 Å². The molecular formula is C23H31N3O3. The highest BCUT2D eigenvalue weighted by Crippen LogP contribution is 2.27. The summed E-state index contributed by atoms with van der Waals surface area (Å²) in [6.07, 6.45) is 0. The molecule has 6 nitrogen and oxygen atoms in total. The van der Waals surface area contributed by atoms with Crippen molar-refractivity contribution < 1.29 is 14.3 Å². The molecule has 1 aliphatic rings. The second-order valence-electron chi connectivity index (χ2n) is 7.16. The van der Waals surface area contributed by atoms with E-state index in [0.29, 0.717) is 30.2 Å². The van der Waals surface area contributed by atoms with Crippen molar-refractivity contribution in [2.45, 2.75) is 13.5 Å². The Morgan fingerprint density at radius 2 is 1.72 bits per heavy atom. The number of rotatable bonds is 9. The van der Waals surface area contributed by atoms with E-state index >= 15 is 0 Å². The SMILES string of the molecule is CCOc1ccc(C(=O)NCCN2CCN(Cc3ccccc3)CC2)cc1OC. The molecule has 0 aromatic heterocycles. The van der Waals surface area contributed by atoms with E-state index < -0.39 is 0 Å². The highest BCUT2D eigenvalue weighted by Gasteiger charge is 2.17. The lowest BCUT2D eigenvalue weighted by Gasteiger charge is -2.34. The second-order valence-corrected chi connectivity index (χ2v) is 7.16. The van der Waals surface area contributed by atoms with Gasteiger partial charge in [0.25, 0.3) is 5.91 Å². The molecule has 6 heteroatoms. The van der Waals surface area contributed by atoms with Gasteiger partial charge in [-0.05, 0) is 30.7 Å². The van der Waals surface area contributed by atoms with Crippen molar-refractivity contribution in [2.75, 3.05) is 53.0 Å². The molecule has 1 heterocycles. The van der Waals surface area contributed by atoms with E-state index in [0.717, 1.165) is 39.3 Å². The van der Waals surface area contributed by atoms with Crippen LogP contribution in [0, 0.1) is 0 Å². The third kappa shape index (κ3) is 6.21. The van der Waals surface area contributed by atoms with Gasteiger partial charge in [0.1, 0.15) is 0 Å². The molecule has 1 N–H and O–H groups in total. The Bertz CT molecular complexity index is 774. The molecule has 2 aromatic rings. The largest absolute Gasteiger partial charge is 0.493 e. The van der Waals surface area contributed by atoms with Crippen LogP contribution in [0.5, 0.6) is 11.5 Å². The van der Waals surface area contributed by atoms with Crippen LogP contribution in [0.1, 0.15) is 22.8 Å². The molecule has 1 fully saturated rings. The maximum atomic E-state index is 12.4. The fraction of sp³-hybridized carbons (Fsp3) is 0.435. The smallest absolute Gasteiger partial charge is 0.251 e. The molecule has 1 amide bonds. The summed E-state index contributed by atoms with van der Waals surface area (Å²) in [5.74, 6) is 1.14. The number of nitrogens with zero attached hydrogens (tertiary/aromatic N) is 2. The molecule has 0 radical (unpaired) electrons. The summed E-state index contributed by atoms with van der Waals surface area (Å²) in [7, 11) is 1.58. The summed E-state index contributed by atoms with van der Waals surface area (Å²) < 4.78 is 10.8. The van der Waals surface area contributed by atoms with E-state index in [-0.39, 0.29) is 5.91 Å². The van der Waals surface area contributed by atoms with E-state index in [9.17, 15) is 4.79 Å². The van der Waals surface area contributed by atoms with Crippen LogP contribution in [0.3, 0.4) is 0 Å². The summed E-state index contributed by atoms with van der Waals surface area (Å²) >= 11 is 0. The van der Waals surface area contributed by atoms with Crippen molar-refractivity contribution in [3.05, 3.63) is 59.7 Å². The number of benzene rings is 2. The van der Waals surface area contributed by atoms with Gasteiger partial charge < -0.3 is 14.8 Å². The van der Waals surface area contributed by atoms with E-state index in [1.807, 2.05) is 6.92 Å². The fourth-order valence-electron chi connectivity index (χ4n) is 3.53. The average Bonchev–Trinajstić information content (AvgIpc) is 2.76. The molecule has 0 bridgehead atoms. The van der Waals surface area contributed by atoms with Crippen molar-refractivity contribution in [3.8, 4) is 11.5 Å². The first-order chi connectivity index (χ1) is 14.2. The molecule has 0 atom stereocenters. The maximum Gasteiger partial charge on any atom is 0.251 e. The van der Waals surface area contributed by atoms with Gasteiger partial charge in [-0.1, -0.05) is 30.3 Å². The zero-order chi connectivity index (χ0) is 20.5. The first kappa shape index (κ1) is 21.1. The van der Waals surface area contributed by atoms with Gasteiger partial charge in [0.2, 0.25) is 0 Å². The first-order valence-corrected chi connectivity index (χ1v) is 10.3. The highest BCUT2D eigenvalue weighted by molar-refractivity contribution is 5.94. The van der Waals surface area contributed by atoms with Gasteiger partial charge in [0.15, 0.2) is 11.5 Å². The lowest BCUT2D eigenvalue weighted by Crippen LogP contribution is -2.48. The van der Waals surface area contributed by atoms with Crippen LogP contribution < -0.4 is 14.8 Å². The number of amides is 1. The van der Waals surface area contributed by atoms with Gasteiger partial charge in [-0.25, -0.2) is 0 Å². The molecule has 29 heavy (non-hydrogen) atoms. The molecule has 156 valence electrons. The quantitative estimate of drug-likeness (QED) is 0.705. The molecule has 2 aromatic carbocycles. The van der Waals surface area contributed by atoms with Gasteiger partial charge in [-0.2, -0.15) is 0 Å². The van der Waals surface area contributed by atoms with E-state index in [4.69, 9.17) is 9.47 Å². The number of hydrogen-bond acceptors (Lipinski definition) is 5. The Labute approximate surface area is 173 Å². The Balaban J connectivity index is 1.40. The fourth-order valence-corrected chi connectivity index (χ4v) is 3.53. The van der Waals surface area contributed by atoms with Crippen LogP contribution in [0.25, 0.3) is 0 Å². The van der Waals surface area contributed by atoms with E-state index in [1.165, 1.54) is 5.56 Å². The monoisotopic (exact) mass is 397 g/mol. The average molecular weight is 398 g/mol. The second kappa shape index (κ2) is 10.8. The maximum absolute atomic E-state index is 12.4. The normalized spacial score (nSPS) is 15.1. The van der Waals surface area contributed by atoms with Crippen molar-refractivity contribution in [3.63, 3.8) is 0 Å². The first-order valence-electron chi connectivity index (χ1n) is 10.3. The summed E-state index contributed by atoms with van der Waals surface area (Å²) in [4.78, 5) is 17.3. The zero-order valence-electron chi connectivity index (χ0n) is 17.4. The van der Waals surface area contributed by atoms with Crippen molar-refractivity contribution in [2.24, 2.45) is 0 Å². The predicted octanol–water partition coefficient (Wildman–Crippen LogP) is 2.64. The third-order valence-electron chi connectivity index (χ3n) is 5.15. The minimum atomic E-state index is -0.0888. The van der Waals surface area contributed by atoms with Gasteiger partial charge in [0.05, 0.1) is 13.7 Å². The number of methoxy groups -OCH3 is 1. The van der Waals surface area contributed by atoms with Crippen molar-refractivity contribution in [1.82, 2.24) is 15.1 Å². The topological polar surface area (TPSA) is 54.0 Å². The molecule has 0 aliphatic carbocycles. The number of nitrogens with one attached hydrogen (secondary N) is 1. The minimum Gasteiger partial charge on any atom is -0.493 e. The van der Waals surface area contributed by atoms with Crippen LogP contribution in [-0.2, 0) is 6.54 Å². The van der Waals surface area contributed by atoms with Gasteiger partial charge >= 0.3 is 0 Å². The summed E-state index contributed by atoms with van der Waals surface area (Å²) in [5, 5.41) is 3.01. The Morgan fingerprint density at radius 1 is 1.00 bits per heavy atom. The van der Waals surface area contributed by atoms with Crippen LogP contribution >= 0.6 is 0 Å². The van der Waals surface area contributed by atoms with Crippen molar-refractivity contribution in [1.29, 1.82) is 0 Å². The number of hydrogen-bond donors (Lipinski definition) is 1. The number of carbonyl (C=O) groups is 1. The third-order valence-corrected chi connectivity index (χ3v) is 5.15. The van der Waals surface area contributed by atoms with E-state index in [2.05, 4.69) is 45.4 Å². The molecule has 1 saturated heterocycles. The Kier molecular flexibility index (Phi) is 7.90. The van der Waals surface area contributed by atoms with Gasteiger partial charge in [0, 0.05) is 51.4 Å². The summed E-state index contributed by atoms with van der Waals surface area (Å²) in [6, 6.07) is 15.9. The highest BCUT2D eigenvalue weighted by atomic mass is 16.5. The summed E-state index contributed by atoms with van der Waals surface area (Å²) in [5.41, 5.74) is 1.94. The van der Waals surface area contributed by atoms with E-state index in [1.54, 1.807) is 25.3 Å².